The summed E-state index contributed by atoms with van der Waals surface area (Å²) in [4.78, 5) is 18.7. The van der Waals surface area contributed by atoms with Crippen LogP contribution in [0, 0.1) is 0 Å². The molecular formula is C17H18ClN3O2. The zero-order valence-electron chi connectivity index (χ0n) is 12.7. The zero-order chi connectivity index (χ0) is 16.1. The molecule has 0 spiro atoms. The number of hydrogen-bond donors (Lipinski definition) is 1. The number of nitrogens with one attached hydrogen (secondary N) is 1. The summed E-state index contributed by atoms with van der Waals surface area (Å²) in [5.41, 5.74) is 2.37. The number of pyridine rings is 1. The molecule has 1 N–H and O–H groups in total. The van der Waals surface area contributed by atoms with Gasteiger partial charge in [-0.15, -0.1) is 0 Å². The average Bonchev–Trinajstić information content (AvgIpc) is 2.62. The fourth-order valence-electron chi connectivity index (χ4n) is 2.47. The van der Waals surface area contributed by atoms with Gasteiger partial charge in [0.15, 0.2) is 0 Å². The summed E-state index contributed by atoms with van der Waals surface area (Å²) in [6.45, 7) is 3.41. The number of anilines is 1. The molecule has 0 atom stereocenters. The third-order valence-electron chi connectivity index (χ3n) is 3.76. The highest BCUT2D eigenvalue weighted by molar-refractivity contribution is 6.31. The Morgan fingerprint density at radius 2 is 2.04 bits per heavy atom. The highest BCUT2D eigenvalue weighted by Gasteiger charge is 2.14. The van der Waals surface area contributed by atoms with E-state index in [9.17, 15) is 4.79 Å². The maximum absolute atomic E-state index is 12.3. The Morgan fingerprint density at radius 1 is 1.26 bits per heavy atom. The van der Waals surface area contributed by atoms with Crippen molar-refractivity contribution in [1.29, 1.82) is 0 Å². The summed E-state index contributed by atoms with van der Waals surface area (Å²) in [5.74, 6) is -0.160. The van der Waals surface area contributed by atoms with Crippen LogP contribution in [0.25, 0.3) is 0 Å². The van der Waals surface area contributed by atoms with E-state index in [-0.39, 0.29) is 5.91 Å². The van der Waals surface area contributed by atoms with Crippen molar-refractivity contribution in [1.82, 2.24) is 10.3 Å². The Labute approximate surface area is 140 Å². The molecule has 0 radical (unpaired) electrons. The van der Waals surface area contributed by atoms with Gasteiger partial charge in [0, 0.05) is 30.9 Å². The van der Waals surface area contributed by atoms with Crippen LogP contribution in [-0.2, 0) is 11.3 Å². The molecule has 0 saturated carbocycles. The number of ether oxygens (including phenoxy) is 1. The first kappa shape index (κ1) is 15.8. The smallest absolute Gasteiger partial charge is 0.253 e. The van der Waals surface area contributed by atoms with Crippen LogP contribution in [0.1, 0.15) is 15.9 Å². The van der Waals surface area contributed by atoms with E-state index < -0.39 is 0 Å². The van der Waals surface area contributed by atoms with Crippen LogP contribution in [-0.4, -0.2) is 37.2 Å². The quantitative estimate of drug-likeness (QED) is 0.935. The van der Waals surface area contributed by atoms with Gasteiger partial charge in [-0.05, 0) is 17.7 Å². The van der Waals surface area contributed by atoms with E-state index in [1.54, 1.807) is 12.4 Å². The van der Waals surface area contributed by atoms with Gasteiger partial charge in [-0.2, -0.15) is 0 Å². The Morgan fingerprint density at radius 3 is 2.83 bits per heavy atom. The lowest BCUT2D eigenvalue weighted by molar-refractivity contribution is 0.0950. The second kappa shape index (κ2) is 7.44. The van der Waals surface area contributed by atoms with E-state index in [2.05, 4.69) is 15.2 Å². The molecule has 0 unspecified atom stereocenters. The third-order valence-corrected chi connectivity index (χ3v) is 4.13. The van der Waals surface area contributed by atoms with Crippen LogP contribution in [0.4, 0.5) is 5.69 Å². The second-order valence-corrected chi connectivity index (χ2v) is 5.71. The van der Waals surface area contributed by atoms with Gasteiger partial charge >= 0.3 is 0 Å². The van der Waals surface area contributed by atoms with E-state index in [1.807, 2.05) is 30.3 Å². The van der Waals surface area contributed by atoms with Crippen molar-refractivity contribution in [2.45, 2.75) is 6.54 Å². The van der Waals surface area contributed by atoms with Gasteiger partial charge in [-0.1, -0.05) is 29.8 Å². The summed E-state index contributed by atoms with van der Waals surface area (Å²) in [6.07, 6.45) is 3.35. The third kappa shape index (κ3) is 4.00. The summed E-state index contributed by atoms with van der Waals surface area (Å²) in [6, 6.07) is 9.33. The number of aromatic nitrogens is 1. The molecule has 1 aliphatic rings. The molecule has 3 rings (SSSR count). The molecule has 1 amide bonds. The van der Waals surface area contributed by atoms with Crippen molar-refractivity contribution in [3.63, 3.8) is 0 Å². The number of benzene rings is 1. The number of morpholine rings is 1. The average molecular weight is 332 g/mol. The first-order valence-corrected chi connectivity index (χ1v) is 7.91. The van der Waals surface area contributed by atoms with Crippen LogP contribution in [0.2, 0.25) is 5.02 Å². The van der Waals surface area contributed by atoms with E-state index in [1.165, 1.54) is 0 Å². The molecule has 0 bridgehead atoms. The summed E-state index contributed by atoms with van der Waals surface area (Å²) < 4.78 is 5.34. The first-order valence-electron chi connectivity index (χ1n) is 7.53. The fraction of sp³-hybridized carbons (Fsp3) is 0.294. The van der Waals surface area contributed by atoms with Crippen LogP contribution < -0.4 is 10.2 Å². The molecule has 1 aromatic carbocycles. The SMILES string of the molecule is O=C(NCc1ccccc1Cl)c1cncc(N2CCOCC2)c1. The molecule has 2 aromatic rings. The van der Waals surface area contributed by atoms with Gasteiger partial charge in [0.2, 0.25) is 0 Å². The van der Waals surface area contributed by atoms with Crippen molar-refractivity contribution in [2.24, 2.45) is 0 Å². The number of carbonyl (C=O) groups excluding carboxylic acids is 1. The van der Waals surface area contributed by atoms with Crippen molar-refractivity contribution in [2.75, 3.05) is 31.2 Å². The normalized spacial score (nSPS) is 14.6. The Balaban J connectivity index is 1.66. The maximum atomic E-state index is 12.3. The largest absolute Gasteiger partial charge is 0.378 e. The molecule has 0 aliphatic carbocycles. The van der Waals surface area contributed by atoms with Crippen LogP contribution in [0.5, 0.6) is 0 Å². The topological polar surface area (TPSA) is 54.5 Å². The van der Waals surface area contributed by atoms with Gasteiger partial charge in [0.05, 0.1) is 30.7 Å². The minimum Gasteiger partial charge on any atom is -0.378 e. The van der Waals surface area contributed by atoms with Gasteiger partial charge < -0.3 is 15.0 Å². The minimum absolute atomic E-state index is 0.160. The molecule has 5 nitrogen and oxygen atoms in total. The number of nitrogens with zero attached hydrogens (tertiary/aromatic N) is 2. The Hall–Kier alpha value is -2.11. The van der Waals surface area contributed by atoms with Crippen molar-refractivity contribution >= 4 is 23.2 Å². The summed E-state index contributed by atoms with van der Waals surface area (Å²) in [7, 11) is 0. The van der Waals surface area contributed by atoms with Crippen molar-refractivity contribution in [3.8, 4) is 0 Å². The van der Waals surface area contributed by atoms with Crippen LogP contribution in [0.3, 0.4) is 0 Å². The Bertz CT molecular complexity index is 687. The van der Waals surface area contributed by atoms with Crippen molar-refractivity contribution in [3.05, 3.63) is 58.9 Å². The zero-order valence-corrected chi connectivity index (χ0v) is 13.4. The number of hydrogen-bond acceptors (Lipinski definition) is 4. The van der Waals surface area contributed by atoms with Crippen LogP contribution in [0.15, 0.2) is 42.7 Å². The van der Waals surface area contributed by atoms with Gasteiger partial charge in [-0.3, -0.25) is 9.78 Å². The maximum Gasteiger partial charge on any atom is 0.253 e. The first-order chi connectivity index (χ1) is 11.2. The number of rotatable bonds is 4. The van der Waals surface area contributed by atoms with Gasteiger partial charge in [0.1, 0.15) is 0 Å². The van der Waals surface area contributed by atoms with Gasteiger partial charge in [-0.25, -0.2) is 0 Å². The molecule has 1 saturated heterocycles. The fourth-order valence-corrected chi connectivity index (χ4v) is 2.67. The molecule has 1 fully saturated rings. The lowest BCUT2D eigenvalue weighted by Gasteiger charge is -2.28. The molecular weight excluding hydrogens is 314 g/mol. The number of carbonyl (C=O) groups is 1. The van der Waals surface area contributed by atoms with E-state index >= 15 is 0 Å². The monoisotopic (exact) mass is 331 g/mol. The lowest BCUT2D eigenvalue weighted by atomic mass is 10.2. The number of amides is 1. The Kier molecular flexibility index (Phi) is 5.10. The minimum atomic E-state index is -0.160. The summed E-state index contributed by atoms with van der Waals surface area (Å²) >= 11 is 6.10. The van der Waals surface area contributed by atoms with E-state index in [4.69, 9.17) is 16.3 Å². The van der Waals surface area contributed by atoms with Crippen LogP contribution >= 0.6 is 11.6 Å². The summed E-state index contributed by atoms with van der Waals surface area (Å²) in [5, 5.41) is 3.53. The number of halogens is 1. The van der Waals surface area contributed by atoms with E-state index in [0.29, 0.717) is 30.3 Å². The molecule has 6 heteroatoms. The highest BCUT2D eigenvalue weighted by Crippen LogP contribution is 2.17. The lowest BCUT2D eigenvalue weighted by Crippen LogP contribution is -2.36. The molecule has 23 heavy (non-hydrogen) atoms. The molecule has 1 aliphatic heterocycles. The van der Waals surface area contributed by atoms with Crippen molar-refractivity contribution < 1.29 is 9.53 Å². The second-order valence-electron chi connectivity index (χ2n) is 5.31. The van der Waals surface area contributed by atoms with E-state index in [0.717, 1.165) is 24.3 Å². The highest BCUT2D eigenvalue weighted by atomic mass is 35.5. The molecule has 2 heterocycles. The predicted molar refractivity (Wildman–Crippen MR) is 89.9 cm³/mol. The predicted octanol–water partition coefficient (Wildman–Crippen LogP) is 2.50. The molecule has 1 aromatic heterocycles. The molecule has 120 valence electrons. The standard InChI is InChI=1S/C17H18ClN3O2/c18-16-4-2-1-3-13(16)11-20-17(22)14-9-15(12-19-10-14)21-5-7-23-8-6-21/h1-4,9-10,12H,5-8,11H2,(H,20,22). The van der Waals surface area contributed by atoms with Gasteiger partial charge in [0.25, 0.3) is 5.91 Å².